The van der Waals surface area contributed by atoms with E-state index in [1.54, 1.807) is 0 Å². The number of nitrogens with zero attached hydrogens (tertiary/aromatic N) is 5. The molecule has 15 heavy (non-hydrogen) atoms. The standard InChI is InChI=1S/C8H6N6O/c9-2-4-1-5(4)8-12-7(14-15-8)6-10-3-11-13-6/h3-5H,1H2,(H,10,11,13). The molecular formula is C8H6N6O. The number of hydrogen-bond acceptors (Lipinski definition) is 6. The van der Waals surface area contributed by atoms with Gasteiger partial charge in [0, 0.05) is 0 Å². The van der Waals surface area contributed by atoms with Crippen molar-refractivity contribution in [3.8, 4) is 17.7 Å². The summed E-state index contributed by atoms with van der Waals surface area (Å²) in [5, 5.41) is 18.7. The van der Waals surface area contributed by atoms with Crippen LogP contribution in [0.4, 0.5) is 0 Å². The van der Waals surface area contributed by atoms with E-state index < -0.39 is 0 Å². The second-order valence-electron chi connectivity index (χ2n) is 3.37. The molecule has 0 saturated heterocycles. The summed E-state index contributed by atoms with van der Waals surface area (Å²) in [6, 6.07) is 2.17. The van der Waals surface area contributed by atoms with Gasteiger partial charge in [0.15, 0.2) is 5.82 Å². The van der Waals surface area contributed by atoms with Crippen LogP contribution in [0.1, 0.15) is 18.2 Å². The molecule has 7 heteroatoms. The predicted octanol–water partition coefficient (Wildman–Crippen LogP) is 0.482. The van der Waals surface area contributed by atoms with Crippen LogP contribution in [-0.2, 0) is 0 Å². The van der Waals surface area contributed by atoms with Crippen LogP contribution in [0.15, 0.2) is 10.9 Å². The molecule has 2 aromatic rings. The minimum atomic E-state index is 0.0213. The third-order valence-corrected chi connectivity index (χ3v) is 2.34. The van der Waals surface area contributed by atoms with Gasteiger partial charge in [-0.2, -0.15) is 15.3 Å². The van der Waals surface area contributed by atoms with E-state index in [-0.39, 0.29) is 11.8 Å². The molecule has 1 aliphatic rings. The zero-order valence-electron chi connectivity index (χ0n) is 7.58. The Kier molecular flexibility index (Phi) is 1.56. The lowest BCUT2D eigenvalue weighted by molar-refractivity contribution is 0.378. The maximum Gasteiger partial charge on any atom is 0.239 e. The van der Waals surface area contributed by atoms with Gasteiger partial charge in [-0.15, -0.1) is 0 Å². The van der Waals surface area contributed by atoms with Crippen LogP contribution >= 0.6 is 0 Å². The van der Waals surface area contributed by atoms with Crippen molar-refractivity contribution < 1.29 is 4.52 Å². The molecule has 1 N–H and O–H groups in total. The minimum absolute atomic E-state index is 0.0213. The maximum atomic E-state index is 8.66. The van der Waals surface area contributed by atoms with E-state index in [0.29, 0.717) is 17.5 Å². The number of aromatic amines is 1. The van der Waals surface area contributed by atoms with Gasteiger partial charge in [0.05, 0.1) is 17.9 Å². The van der Waals surface area contributed by atoms with Crippen LogP contribution in [0, 0.1) is 17.2 Å². The summed E-state index contributed by atoms with van der Waals surface area (Å²) in [6.07, 6.45) is 2.18. The Morgan fingerprint density at radius 3 is 3.20 bits per heavy atom. The first-order valence-electron chi connectivity index (χ1n) is 4.47. The normalized spacial score (nSPS) is 23.7. The van der Waals surface area contributed by atoms with Gasteiger partial charge in [-0.05, 0) is 6.42 Å². The lowest BCUT2D eigenvalue weighted by Crippen LogP contribution is -1.85. The zero-order valence-corrected chi connectivity index (χ0v) is 7.58. The van der Waals surface area contributed by atoms with Gasteiger partial charge in [-0.1, -0.05) is 5.16 Å². The van der Waals surface area contributed by atoms with Crippen LogP contribution in [0.2, 0.25) is 0 Å². The van der Waals surface area contributed by atoms with E-state index in [0.717, 1.165) is 6.42 Å². The lowest BCUT2D eigenvalue weighted by atomic mass is 10.3. The van der Waals surface area contributed by atoms with E-state index >= 15 is 0 Å². The number of H-pyrrole nitrogens is 1. The van der Waals surface area contributed by atoms with Crippen LogP contribution in [-0.4, -0.2) is 25.3 Å². The topological polar surface area (TPSA) is 104 Å². The van der Waals surface area contributed by atoms with Gasteiger partial charge in [0.1, 0.15) is 6.33 Å². The molecule has 2 unspecified atom stereocenters. The van der Waals surface area contributed by atoms with Crippen molar-refractivity contribution in [1.82, 2.24) is 25.3 Å². The Bertz CT molecular complexity index is 509. The molecule has 2 heterocycles. The van der Waals surface area contributed by atoms with Crippen molar-refractivity contribution in [2.75, 3.05) is 0 Å². The van der Waals surface area contributed by atoms with Crippen molar-refractivity contribution in [2.24, 2.45) is 5.92 Å². The highest BCUT2D eigenvalue weighted by Gasteiger charge is 2.43. The Morgan fingerprint density at radius 1 is 1.60 bits per heavy atom. The predicted molar refractivity (Wildman–Crippen MR) is 46.1 cm³/mol. The fraction of sp³-hybridized carbons (Fsp3) is 0.375. The summed E-state index contributed by atoms with van der Waals surface area (Å²) in [4.78, 5) is 8.05. The molecular weight excluding hydrogens is 196 g/mol. The largest absolute Gasteiger partial charge is 0.339 e. The molecule has 1 aliphatic carbocycles. The number of nitriles is 1. The number of hydrogen-bond donors (Lipinski definition) is 1. The summed E-state index contributed by atoms with van der Waals surface area (Å²) in [6.45, 7) is 0. The maximum absolute atomic E-state index is 8.66. The summed E-state index contributed by atoms with van der Waals surface area (Å²) in [5.74, 6) is 1.48. The summed E-state index contributed by atoms with van der Waals surface area (Å²) < 4.78 is 5.04. The summed E-state index contributed by atoms with van der Waals surface area (Å²) in [5.41, 5.74) is 0. The average Bonchev–Trinajstić information content (AvgIpc) is 2.73. The number of nitrogens with one attached hydrogen (secondary N) is 1. The molecule has 2 atom stereocenters. The van der Waals surface area contributed by atoms with Gasteiger partial charge < -0.3 is 4.52 Å². The van der Waals surface area contributed by atoms with Crippen molar-refractivity contribution in [1.29, 1.82) is 5.26 Å². The van der Waals surface area contributed by atoms with Gasteiger partial charge in [-0.25, -0.2) is 4.98 Å². The molecule has 0 amide bonds. The second kappa shape index (κ2) is 2.88. The van der Waals surface area contributed by atoms with Crippen molar-refractivity contribution in [2.45, 2.75) is 12.3 Å². The molecule has 74 valence electrons. The molecule has 2 aromatic heterocycles. The van der Waals surface area contributed by atoms with Crippen LogP contribution in [0.5, 0.6) is 0 Å². The smallest absolute Gasteiger partial charge is 0.239 e. The summed E-state index contributed by atoms with van der Waals surface area (Å²) in [7, 11) is 0. The number of rotatable bonds is 2. The highest BCUT2D eigenvalue weighted by Crippen LogP contribution is 2.46. The van der Waals surface area contributed by atoms with Crippen LogP contribution in [0.25, 0.3) is 11.6 Å². The molecule has 0 aliphatic heterocycles. The van der Waals surface area contributed by atoms with E-state index in [1.807, 2.05) is 0 Å². The second-order valence-corrected chi connectivity index (χ2v) is 3.37. The number of aromatic nitrogens is 5. The van der Waals surface area contributed by atoms with E-state index in [4.69, 9.17) is 9.78 Å². The quantitative estimate of drug-likeness (QED) is 0.759. The van der Waals surface area contributed by atoms with E-state index in [2.05, 4.69) is 31.4 Å². The third-order valence-electron chi connectivity index (χ3n) is 2.34. The molecule has 0 spiro atoms. The Morgan fingerprint density at radius 2 is 2.53 bits per heavy atom. The van der Waals surface area contributed by atoms with Crippen LogP contribution < -0.4 is 0 Å². The molecule has 3 rings (SSSR count). The molecule has 1 saturated carbocycles. The first-order chi connectivity index (χ1) is 7.38. The van der Waals surface area contributed by atoms with Crippen LogP contribution in [0.3, 0.4) is 0 Å². The van der Waals surface area contributed by atoms with Crippen molar-refractivity contribution in [3.05, 3.63) is 12.2 Å². The van der Waals surface area contributed by atoms with Crippen molar-refractivity contribution in [3.63, 3.8) is 0 Å². The minimum Gasteiger partial charge on any atom is -0.339 e. The Balaban J connectivity index is 1.87. The van der Waals surface area contributed by atoms with Gasteiger partial charge in [-0.3, -0.25) is 5.10 Å². The van der Waals surface area contributed by atoms with Gasteiger partial charge >= 0.3 is 0 Å². The van der Waals surface area contributed by atoms with Gasteiger partial charge in [0.25, 0.3) is 0 Å². The fourth-order valence-electron chi connectivity index (χ4n) is 1.41. The molecule has 0 radical (unpaired) electrons. The highest BCUT2D eigenvalue weighted by molar-refractivity contribution is 5.40. The lowest BCUT2D eigenvalue weighted by Gasteiger charge is -1.82. The van der Waals surface area contributed by atoms with Gasteiger partial charge in [0.2, 0.25) is 11.7 Å². The summed E-state index contributed by atoms with van der Waals surface area (Å²) >= 11 is 0. The first-order valence-corrected chi connectivity index (χ1v) is 4.47. The SMILES string of the molecule is N#CC1CC1c1nc(-c2ncn[nH]2)no1. The molecule has 1 fully saturated rings. The fourth-order valence-corrected chi connectivity index (χ4v) is 1.41. The first kappa shape index (κ1) is 8.11. The molecule has 0 bridgehead atoms. The Labute approximate surface area is 84.1 Å². The highest BCUT2D eigenvalue weighted by atomic mass is 16.5. The monoisotopic (exact) mass is 202 g/mol. The van der Waals surface area contributed by atoms with E-state index in [1.165, 1.54) is 6.33 Å². The Hall–Kier alpha value is -2.23. The third kappa shape index (κ3) is 1.27. The zero-order chi connectivity index (χ0) is 10.3. The van der Waals surface area contributed by atoms with Crippen molar-refractivity contribution >= 4 is 0 Å². The van der Waals surface area contributed by atoms with E-state index in [9.17, 15) is 0 Å². The average molecular weight is 202 g/mol. The molecule has 7 nitrogen and oxygen atoms in total. The molecule has 0 aromatic carbocycles.